The van der Waals surface area contributed by atoms with Crippen LogP contribution in [0.4, 0.5) is 0 Å². The number of hydrogen-bond donors (Lipinski definition) is 1. The predicted octanol–water partition coefficient (Wildman–Crippen LogP) is 3.72. The van der Waals surface area contributed by atoms with E-state index in [1.807, 2.05) is 0 Å². The lowest BCUT2D eigenvalue weighted by molar-refractivity contribution is 0.162. The lowest BCUT2D eigenvalue weighted by Crippen LogP contribution is -2.39. The maximum atomic E-state index is 5.13. The van der Waals surface area contributed by atoms with Crippen molar-refractivity contribution in [1.82, 2.24) is 5.32 Å². The third-order valence-corrected chi connectivity index (χ3v) is 4.60. The molecular formula is C18H29NO. The van der Waals surface area contributed by atoms with Crippen LogP contribution in [0.25, 0.3) is 0 Å². The average molecular weight is 275 g/mol. The summed E-state index contributed by atoms with van der Waals surface area (Å²) in [5.41, 5.74) is 3.30. The van der Waals surface area contributed by atoms with Crippen molar-refractivity contribution in [2.75, 3.05) is 26.8 Å². The van der Waals surface area contributed by atoms with Crippen LogP contribution in [0, 0.1) is 12.3 Å². The van der Waals surface area contributed by atoms with Crippen LogP contribution in [0.5, 0.6) is 0 Å². The highest BCUT2D eigenvalue weighted by Crippen LogP contribution is 2.38. The van der Waals surface area contributed by atoms with Gasteiger partial charge in [-0.15, -0.1) is 0 Å². The van der Waals surface area contributed by atoms with Crippen LogP contribution in [0.3, 0.4) is 0 Å². The summed E-state index contributed by atoms with van der Waals surface area (Å²) in [4.78, 5) is 0. The summed E-state index contributed by atoms with van der Waals surface area (Å²) in [6, 6.07) is 9.09. The summed E-state index contributed by atoms with van der Waals surface area (Å²) in [6.07, 6.45) is 8.12. The van der Waals surface area contributed by atoms with Gasteiger partial charge in [0.2, 0.25) is 0 Å². The number of methoxy groups -OCH3 is 1. The van der Waals surface area contributed by atoms with E-state index in [9.17, 15) is 0 Å². The van der Waals surface area contributed by atoms with Crippen LogP contribution >= 0.6 is 0 Å². The third-order valence-electron chi connectivity index (χ3n) is 4.60. The Labute approximate surface area is 123 Å². The third kappa shape index (κ3) is 4.60. The molecule has 1 saturated carbocycles. The summed E-state index contributed by atoms with van der Waals surface area (Å²) >= 11 is 0. The topological polar surface area (TPSA) is 21.3 Å². The second-order valence-corrected chi connectivity index (χ2v) is 6.39. The molecule has 0 amide bonds. The zero-order valence-corrected chi connectivity index (χ0v) is 13.1. The van der Waals surface area contributed by atoms with Crippen molar-refractivity contribution in [2.45, 2.75) is 45.4 Å². The Morgan fingerprint density at radius 1 is 1.10 bits per heavy atom. The maximum absolute atomic E-state index is 5.13. The van der Waals surface area contributed by atoms with E-state index in [1.54, 1.807) is 7.11 Å². The number of benzene rings is 1. The number of rotatable bonds is 7. The van der Waals surface area contributed by atoms with E-state index in [0.717, 1.165) is 19.7 Å². The molecule has 0 saturated heterocycles. The molecule has 1 fully saturated rings. The van der Waals surface area contributed by atoms with Crippen LogP contribution < -0.4 is 5.32 Å². The summed E-state index contributed by atoms with van der Waals surface area (Å²) in [5.74, 6) is 0. The highest BCUT2D eigenvalue weighted by Gasteiger charge is 2.31. The highest BCUT2D eigenvalue weighted by molar-refractivity contribution is 5.22. The molecule has 1 aromatic carbocycles. The van der Waals surface area contributed by atoms with Gasteiger partial charge in [-0.05, 0) is 37.2 Å². The first-order chi connectivity index (χ1) is 9.74. The van der Waals surface area contributed by atoms with Gasteiger partial charge in [-0.3, -0.25) is 0 Å². The fourth-order valence-corrected chi connectivity index (χ4v) is 3.38. The molecule has 0 aromatic heterocycles. The average Bonchev–Trinajstić information content (AvgIpc) is 2.47. The first-order valence-electron chi connectivity index (χ1n) is 7.99. The molecule has 20 heavy (non-hydrogen) atoms. The van der Waals surface area contributed by atoms with Gasteiger partial charge in [0.15, 0.2) is 0 Å². The molecule has 2 heteroatoms. The zero-order chi connectivity index (χ0) is 14.3. The van der Waals surface area contributed by atoms with E-state index in [1.165, 1.54) is 49.7 Å². The van der Waals surface area contributed by atoms with Crippen LogP contribution in [-0.4, -0.2) is 26.8 Å². The first-order valence-corrected chi connectivity index (χ1v) is 7.99. The van der Waals surface area contributed by atoms with Crippen molar-refractivity contribution in [1.29, 1.82) is 0 Å². The number of ether oxygens (including phenoxy) is 1. The fraction of sp³-hybridized carbons (Fsp3) is 0.667. The van der Waals surface area contributed by atoms with Gasteiger partial charge >= 0.3 is 0 Å². The Morgan fingerprint density at radius 2 is 1.80 bits per heavy atom. The Morgan fingerprint density at radius 3 is 2.45 bits per heavy atom. The maximum Gasteiger partial charge on any atom is 0.0587 e. The van der Waals surface area contributed by atoms with Crippen molar-refractivity contribution in [3.8, 4) is 0 Å². The minimum atomic E-state index is 0.460. The lowest BCUT2D eigenvalue weighted by Gasteiger charge is -2.38. The van der Waals surface area contributed by atoms with Crippen molar-refractivity contribution in [2.24, 2.45) is 5.41 Å². The lowest BCUT2D eigenvalue weighted by atomic mass is 9.70. The Bertz CT molecular complexity index is 379. The molecule has 0 spiro atoms. The van der Waals surface area contributed by atoms with Gasteiger partial charge in [0.05, 0.1) is 6.61 Å². The number of hydrogen-bond acceptors (Lipinski definition) is 2. The zero-order valence-electron chi connectivity index (χ0n) is 13.1. The van der Waals surface area contributed by atoms with Crippen LogP contribution in [0.15, 0.2) is 24.3 Å². The molecular weight excluding hydrogens is 246 g/mol. The largest absolute Gasteiger partial charge is 0.383 e. The summed E-state index contributed by atoms with van der Waals surface area (Å²) in [7, 11) is 1.77. The van der Waals surface area contributed by atoms with E-state index in [-0.39, 0.29) is 0 Å². The van der Waals surface area contributed by atoms with Crippen molar-refractivity contribution >= 4 is 0 Å². The molecule has 1 aliphatic rings. The first kappa shape index (κ1) is 15.5. The van der Waals surface area contributed by atoms with Crippen LogP contribution in [0.1, 0.15) is 43.2 Å². The number of aryl methyl sites for hydroxylation is 1. The molecule has 0 radical (unpaired) electrons. The van der Waals surface area contributed by atoms with Crippen molar-refractivity contribution in [3.63, 3.8) is 0 Å². The van der Waals surface area contributed by atoms with Gasteiger partial charge in [-0.2, -0.15) is 0 Å². The summed E-state index contributed by atoms with van der Waals surface area (Å²) < 4.78 is 5.13. The minimum Gasteiger partial charge on any atom is -0.383 e. The standard InChI is InChI=1S/C18H29NO/c1-16-6-8-17(9-7-16)14-18(10-4-3-5-11-18)15-19-12-13-20-2/h6-9,19H,3-5,10-15H2,1-2H3. The molecule has 0 atom stereocenters. The predicted molar refractivity (Wildman–Crippen MR) is 85.1 cm³/mol. The van der Waals surface area contributed by atoms with Gasteiger partial charge < -0.3 is 10.1 Å². The molecule has 1 aliphatic carbocycles. The molecule has 2 rings (SSSR count). The monoisotopic (exact) mass is 275 g/mol. The Hall–Kier alpha value is -0.860. The van der Waals surface area contributed by atoms with Gasteiger partial charge in [0.1, 0.15) is 0 Å². The van der Waals surface area contributed by atoms with Crippen LogP contribution in [0.2, 0.25) is 0 Å². The molecule has 0 bridgehead atoms. The van der Waals surface area contributed by atoms with Gasteiger partial charge in [-0.1, -0.05) is 49.1 Å². The highest BCUT2D eigenvalue weighted by atomic mass is 16.5. The molecule has 0 heterocycles. The number of nitrogens with one attached hydrogen (secondary N) is 1. The van der Waals surface area contributed by atoms with Crippen LogP contribution in [-0.2, 0) is 11.2 Å². The van der Waals surface area contributed by atoms with Gasteiger partial charge in [-0.25, -0.2) is 0 Å². The van der Waals surface area contributed by atoms with Crippen molar-refractivity contribution in [3.05, 3.63) is 35.4 Å². The van der Waals surface area contributed by atoms with E-state index in [4.69, 9.17) is 4.74 Å². The van der Waals surface area contributed by atoms with E-state index in [0.29, 0.717) is 5.41 Å². The molecule has 1 aromatic rings. The van der Waals surface area contributed by atoms with Gasteiger partial charge in [0, 0.05) is 20.2 Å². The Balaban J connectivity index is 1.96. The van der Waals surface area contributed by atoms with E-state index in [2.05, 4.69) is 36.5 Å². The summed E-state index contributed by atoms with van der Waals surface area (Å²) in [6.45, 7) is 5.06. The minimum absolute atomic E-state index is 0.460. The Kier molecular flexibility index (Phi) is 6.06. The fourth-order valence-electron chi connectivity index (χ4n) is 3.38. The molecule has 0 aliphatic heterocycles. The van der Waals surface area contributed by atoms with Gasteiger partial charge in [0.25, 0.3) is 0 Å². The molecule has 1 N–H and O–H groups in total. The molecule has 2 nitrogen and oxygen atoms in total. The van der Waals surface area contributed by atoms with E-state index >= 15 is 0 Å². The molecule has 112 valence electrons. The quantitative estimate of drug-likeness (QED) is 0.766. The molecule has 0 unspecified atom stereocenters. The SMILES string of the molecule is COCCNCC1(Cc2ccc(C)cc2)CCCCC1. The normalized spacial score (nSPS) is 18.1. The van der Waals surface area contributed by atoms with Crippen molar-refractivity contribution < 1.29 is 4.74 Å². The second kappa shape index (κ2) is 7.80. The van der Waals surface area contributed by atoms with E-state index < -0.39 is 0 Å². The summed E-state index contributed by atoms with van der Waals surface area (Å²) in [5, 5.41) is 3.60. The smallest absolute Gasteiger partial charge is 0.0587 e. The second-order valence-electron chi connectivity index (χ2n) is 6.39.